The summed E-state index contributed by atoms with van der Waals surface area (Å²) in [5, 5.41) is 15.2. The second kappa shape index (κ2) is 5.65. The lowest BCUT2D eigenvalue weighted by atomic mass is 9.96. The van der Waals surface area contributed by atoms with Crippen LogP contribution in [-0.2, 0) is 4.74 Å². The predicted molar refractivity (Wildman–Crippen MR) is 40.6 cm³/mol. The maximum atomic E-state index is 9.78. The van der Waals surface area contributed by atoms with Gasteiger partial charge in [0.05, 0.1) is 0 Å². The normalized spacial score (nSPS) is 15.1. The number of hydrogen-bond acceptors (Lipinski definition) is 3. The Balaban J connectivity index is 0.000000261. The van der Waals surface area contributed by atoms with Crippen molar-refractivity contribution in [3.05, 3.63) is 0 Å². The van der Waals surface area contributed by atoms with Crippen molar-refractivity contribution >= 4 is 23.2 Å². The summed E-state index contributed by atoms with van der Waals surface area (Å²) < 4.78 is 4.40. The van der Waals surface area contributed by atoms with Crippen molar-refractivity contribution in [2.75, 3.05) is 0 Å². The first-order valence-electron chi connectivity index (χ1n) is 3.30. The Bertz CT molecular complexity index is 161. The van der Waals surface area contributed by atoms with Gasteiger partial charge in [-0.3, -0.25) is 0 Å². The zero-order valence-corrected chi connectivity index (χ0v) is 6.95. The van der Waals surface area contributed by atoms with Crippen molar-refractivity contribution < 1.29 is 24.5 Å². The molecule has 0 saturated heterocycles. The third-order valence-corrected chi connectivity index (χ3v) is 1.32. The van der Waals surface area contributed by atoms with Crippen LogP contribution in [0.25, 0.3) is 0 Å². The van der Waals surface area contributed by atoms with E-state index in [0.29, 0.717) is 0 Å². The molecular weight excluding hydrogens is 188 g/mol. The maximum absolute atomic E-state index is 9.78. The van der Waals surface area contributed by atoms with E-state index in [9.17, 15) is 4.79 Å². The minimum atomic E-state index is -1.36. The molecule has 0 radical (unpaired) electrons. The molecule has 1 aliphatic rings. The monoisotopic (exact) mass is 196 g/mol. The molecule has 1 aliphatic carbocycles. The summed E-state index contributed by atoms with van der Waals surface area (Å²) in [5.41, 5.74) is -1.36. The summed E-state index contributed by atoms with van der Waals surface area (Å²) in [6.45, 7) is 0. The van der Waals surface area contributed by atoms with Crippen LogP contribution in [0.4, 0.5) is 9.59 Å². The molecule has 0 heterocycles. The van der Waals surface area contributed by atoms with Crippen molar-refractivity contribution in [1.29, 1.82) is 0 Å². The van der Waals surface area contributed by atoms with Gasteiger partial charge in [-0.05, 0) is 19.3 Å². The average Bonchev–Trinajstić information content (AvgIpc) is 1.77. The fourth-order valence-electron chi connectivity index (χ4n) is 0.631. The highest BCUT2D eigenvalue weighted by atomic mass is 35.5. The van der Waals surface area contributed by atoms with E-state index in [-0.39, 0.29) is 6.10 Å². The van der Waals surface area contributed by atoms with Crippen molar-refractivity contribution in [3.63, 3.8) is 0 Å². The topological polar surface area (TPSA) is 83.8 Å². The first-order chi connectivity index (χ1) is 5.52. The van der Waals surface area contributed by atoms with Crippen LogP contribution in [0.3, 0.4) is 0 Å². The molecule has 1 rings (SSSR count). The average molecular weight is 197 g/mol. The first-order valence-corrected chi connectivity index (χ1v) is 3.68. The molecule has 6 heteroatoms. The van der Waals surface area contributed by atoms with E-state index < -0.39 is 11.6 Å². The summed E-state index contributed by atoms with van der Waals surface area (Å²) in [5.74, 6) is 0. The first kappa shape index (κ1) is 11.0. The minimum Gasteiger partial charge on any atom is -0.469 e. The lowest BCUT2D eigenvalue weighted by Gasteiger charge is -2.22. The number of hydrogen-bond donors (Lipinski definition) is 2. The lowest BCUT2D eigenvalue weighted by Crippen LogP contribution is -2.23. The molecule has 2 N–H and O–H groups in total. The van der Waals surface area contributed by atoms with E-state index in [1.165, 1.54) is 0 Å². The van der Waals surface area contributed by atoms with E-state index in [4.69, 9.17) is 15.0 Å². The van der Waals surface area contributed by atoms with Crippen molar-refractivity contribution in [2.45, 2.75) is 25.4 Å². The smallest absolute Gasteiger partial charge is 0.469 e. The molecule has 0 atom stereocenters. The third-order valence-electron chi connectivity index (χ3n) is 1.32. The van der Waals surface area contributed by atoms with Crippen LogP contribution in [0.1, 0.15) is 19.3 Å². The quantitative estimate of drug-likeness (QED) is 0.496. The van der Waals surface area contributed by atoms with E-state index in [2.05, 4.69) is 16.3 Å². The fourth-order valence-corrected chi connectivity index (χ4v) is 0.631. The number of ether oxygens (including phenoxy) is 1. The van der Waals surface area contributed by atoms with Gasteiger partial charge in [0.25, 0.3) is 0 Å². The van der Waals surface area contributed by atoms with Gasteiger partial charge >= 0.3 is 11.6 Å². The molecule has 0 spiro atoms. The van der Waals surface area contributed by atoms with Crippen LogP contribution >= 0.6 is 11.6 Å². The molecular formula is C6H9ClO5. The second-order valence-electron chi connectivity index (χ2n) is 2.19. The van der Waals surface area contributed by atoms with Crippen LogP contribution < -0.4 is 0 Å². The Hall–Kier alpha value is -0.970. The summed E-state index contributed by atoms with van der Waals surface area (Å²) in [6, 6.07) is 0. The third kappa shape index (κ3) is 7.14. The van der Waals surface area contributed by atoms with Gasteiger partial charge in [-0.2, -0.15) is 0 Å². The van der Waals surface area contributed by atoms with E-state index in [0.717, 1.165) is 19.3 Å². The van der Waals surface area contributed by atoms with Crippen LogP contribution in [0, 0.1) is 0 Å². The second-order valence-corrected chi connectivity index (χ2v) is 2.51. The SMILES string of the molecule is O=C(O)Cl.O=C(O)OC1CCC1. The summed E-state index contributed by atoms with van der Waals surface area (Å²) >= 11 is 4.19. The highest BCUT2D eigenvalue weighted by Gasteiger charge is 2.20. The zero-order valence-electron chi connectivity index (χ0n) is 6.20. The van der Waals surface area contributed by atoms with Crippen molar-refractivity contribution in [3.8, 4) is 0 Å². The number of carbonyl (C=O) groups is 2. The molecule has 0 aromatic heterocycles. The molecule has 70 valence electrons. The molecule has 0 aliphatic heterocycles. The van der Waals surface area contributed by atoms with Gasteiger partial charge in [0, 0.05) is 11.6 Å². The van der Waals surface area contributed by atoms with E-state index in [1.54, 1.807) is 0 Å². The Morgan fingerprint density at radius 1 is 1.33 bits per heavy atom. The Morgan fingerprint density at radius 3 is 1.83 bits per heavy atom. The molecule has 0 aromatic carbocycles. The predicted octanol–water partition coefficient (Wildman–Crippen LogP) is 2.14. The Labute approximate surface area is 73.9 Å². The van der Waals surface area contributed by atoms with Gasteiger partial charge in [-0.1, -0.05) is 0 Å². The highest BCUT2D eigenvalue weighted by molar-refractivity contribution is 6.60. The standard InChI is InChI=1S/C5H8O3.CHClO2/c6-5(7)8-4-2-1-3-4;2-1(3)4/h4H,1-3H2,(H,6,7);(H,3,4). The minimum absolute atomic E-state index is 0.00694. The van der Waals surface area contributed by atoms with Gasteiger partial charge in [0.2, 0.25) is 0 Å². The van der Waals surface area contributed by atoms with Gasteiger partial charge in [0.15, 0.2) is 0 Å². The molecule has 1 saturated carbocycles. The largest absolute Gasteiger partial charge is 0.506 e. The van der Waals surface area contributed by atoms with Crippen molar-refractivity contribution in [1.82, 2.24) is 0 Å². The van der Waals surface area contributed by atoms with Gasteiger partial charge < -0.3 is 14.9 Å². The molecule has 0 bridgehead atoms. The summed E-state index contributed by atoms with van der Waals surface area (Å²) in [6.07, 6.45) is 1.79. The molecule has 0 unspecified atom stereocenters. The summed E-state index contributed by atoms with van der Waals surface area (Å²) in [7, 11) is 0. The molecule has 5 nitrogen and oxygen atoms in total. The van der Waals surface area contributed by atoms with Crippen LogP contribution in [0.2, 0.25) is 0 Å². The van der Waals surface area contributed by atoms with Crippen molar-refractivity contribution in [2.24, 2.45) is 0 Å². The van der Waals surface area contributed by atoms with Crippen LogP contribution in [0.15, 0.2) is 0 Å². The molecule has 0 amide bonds. The van der Waals surface area contributed by atoms with Gasteiger partial charge in [0.1, 0.15) is 6.10 Å². The van der Waals surface area contributed by atoms with Gasteiger partial charge in [-0.25, -0.2) is 9.59 Å². The van der Waals surface area contributed by atoms with Crippen LogP contribution in [-0.4, -0.2) is 27.9 Å². The van der Waals surface area contributed by atoms with E-state index >= 15 is 0 Å². The molecule has 1 fully saturated rings. The zero-order chi connectivity index (χ0) is 9.56. The Kier molecular flexibility index (Phi) is 5.19. The maximum Gasteiger partial charge on any atom is 0.506 e. The summed E-state index contributed by atoms with van der Waals surface area (Å²) in [4.78, 5) is 18.5. The number of rotatable bonds is 1. The Morgan fingerprint density at radius 2 is 1.75 bits per heavy atom. The highest BCUT2D eigenvalue weighted by Crippen LogP contribution is 2.21. The van der Waals surface area contributed by atoms with Gasteiger partial charge in [-0.15, -0.1) is 0 Å². The molecule has 0 aromatic rings. The van der Waals surface area contributed by atoms with E-state index in [1.807, 2.05) is 0 Å². The lowest BCUT2D eigenvalue weighted by molar-refractivity contribution is 0.0174. The fraction of sp³-hybridized carbons (Fsp3) is 0.667. The number of carboxylic acid groups (broad SMARTS) is 2. The molecule has 12 heavy (non-hydrogen) atoms. The number of halogens is 1. The van der Waals surface area contributed by atoms with Crippen LogP contribution in [0.5, 0.6) is 0 Å².